The number of allylic oxidation sites excluding steroid dienone is 1. The van der Waals surface area contributed by atoms with E-state index in [1.165, 1.54) is 5.57 Å². The Balaban J connectivity index is 0.000000671. The highest BCUT2D eigenvalue weighted by molar-refractivity contribution is 5.19. The van der Waals surface area contributed by atoms with Gasteiger partial charge in [0.05, 0.1) is 6.04 Å². The van der Waals surface area contributed by atoms with Crippen LogP contribution in [-0.4, -0.2) is 6.04 Å². The Morgan fingerprint density at radius 1 is 1.23 bits per heavy atom. The second kappa shape index (κ2) is 4.66. The van der Waals surface area contributed by atoms with Crippen molar-refractivity contribution in [3.8, 4) is 0 Å². The average Bonchev–Trinajstić information content (AvgIpc) is 2.36. The van der Waals surface area contributed by atoms with E-state index in [1.807, 2.05) is 13.8 Å². The van der Waals surface area contributed by atoms with Crippen LogP contribution in [0.25, 0.3) is 0 Å². The van der Waals surface area contributed by atoms with Crippen LogP contribution in [0.4, 0.5) is 0 Å². The van der Waals surface area contributed by atoms with E-state index in [4.69, 9.17) is 4.84 Å². The SMILES string of the molecule is CC.CC1=C(C(C)(C)C)ONC1C. The molecule has 13 heavy (non-hydrogen) atoms. The second-order valence-corrected chi connectivity index (χ2v) is 4.20. The van der Waals surface area contributed by atoms with Crippen molar-refractivity contribution in [3.63, 3.8) is 0 Å². The van der Waals surface area contributed by atoms with Crippen molar-refractivity contribution < 1.29 is 4.84 Å². The first kappa shape index (κ1) is 12.5. The van der Waals surface area contributed by atoms with E-state index in [9.17, 15) is 0 Å². The standard InChI is InChI=1S/C9H17NO.C2H6/c1-6-7(2)10-11-8(6)9(3,4)5;1-2/h7,10H,1-5H3;1-2H3. The molecule has 0 bridgehead atoms. The van der Waals surface area contributed by atoms with E-state index in [2.05, 4.69) is 40.1 Å². The molecule has 0 aromatic rings. The zero-order chi connectivity index (χ0) is 10.6. The molecule has 0 amide bonds. The van der Waals surface area contributed by atoms with Gasteiger partial charge in [0.2, 0.25) is 0 Å². The minimum Gasteiger partial charge on any atom is -0.412 e. The average molecular weight is 185 g/mol. The molecule has 1 N–H and O–H groups in total. The lowest BCUT2D eigenvalue weighted by Gasteiger charge is -2.19. The van der Waals surface area contributed by atoms with Crippen molar-refractivity contribution in [1.82, 2.24) is 5.48 Å². The summed E-state index contributed by atoms with van der Waals surface area (Å²) >= 11 is 0. The van der Waals surface area contributed by atoms with Crippen molar-refractivity contribution in [2.75, 3.05) is 0 Å². The molecular formula is C11H23NO. The van der Waals surface area contributed by atoms with Gasteiger partial charge >= 0.3 is 0 Å². The van der Waals surface area contributed by atoms with Crippen molar-refractivity contribution in [2.24, 2.45) is 5.41 Å². The van der Waals surface area contributed by atoms with E-state index in [-0.39, 0.29) is 5.41 Å². The predicted molar refractivity (Wildman–Crippen MR) is 57.2 cm³/mol. The van der Waals surface area contributed by atoms with Gasteiger partial charge in [-0.1, -0.05) is 34.6 Å². The quantitative estimate of drug-likeness (QED) is 0.625. The molecule has 1 aliphatic rings. The fourth-order valence-corrected chi connectivity index (χ4v) is 1.26. The molecule has 1 aliphatic heterocycles. The maximum Gasteiger partial charge on any atom is 0.130 e. The highest BCUT2D eigenvalue weighted by Crippen LogP contribution is 2.32. The first-order valence-electron chi connectivity index (χ1n) is 5.06. The van der Waals surface area contributed by atoms with Gasteiger partial charge in [0.25, 0.3) is 0 Å². The summed E-state index contributed by atoms with van der Waals surface area (Å²) in [5.74, 6) is 1.09. The van der Waals surface area contributed by atoms with E-state index >= 15 is 0 Å². The van der Waals surface area contributed by atoms with Gasteiger partial charge in [0.15, 0.2) is 0 Å². The van der Waals surface area contributed by atoms with E-state index in [0.29, 0.717) is 6.04 Å². The van der Waals surface area contributed by atoms with Gasteiger partial charge in [-0.15, -0.1) is 0 Å². The van der Waals surface area contributed by atoms with E-state index in [1.54, 1.807) is 0 Å². The molecule has 0 aliphatic carbocycles. The molecule has 1 heterocycles. The summed E-state index contributed by atoms with van der Waals surface area (Å²) in [7, 11) is 0. The molecule has 0 saturated heterocycles. The monoisotopic (exact) mass is 185 g/mol. The molecule has 1 unspecified atom stereocenters. The summed E-state index contributed by atoms with van der Waals surface area (Å²) in [4.78, 5) is 5.37. The predicted octanol–water partition coefficient (Wildman–Crippen LogP) is 3.26. The summed E-state index contributed by atoms with van der Waals surface area (Å²) in [5, 5.41) is 0. The van der Waals surface area contributed by atoms with Crippen LogP contribution in [0.2, 0.25) is 0 Å². The smallest absolute Gasteiger partial charge is 0.130 e. The Morgan fingerprint density at radius 2 is 1.69 bits per heavy atom. The first-order valence-corrected chi connectivity index (χ1v) is 5.06. The first-order chi connectivity index (χ1) is 5.93. The molecule has 78 valence electrons. The van der Waals surface area contributed by atoms with Crippen LogP contribution in [0.1, 0.15) is 48.5 Å². The van der Waals surface area contributed by atoms with E-state index < -0.39 is 0 Å². The molecule has 0 spiro atoms. The van der Waals surface area contributed by atoms with Crippen LogP contribution in [-0.2, 0) is 4.84 Å². The highest BCUT2D eigenvalue weighted by atomic mass is 16.7. The topological polar surface area (TPSA) is 21.3 Å². The Hall–Kier alpha value is -0.500. The molecule has 0 aromatic carbocycles. The van der Waals surface area contributed by atoms with Gasteiger partial charge < -0.3 is 4.84 Å². The molecule has 0 radical (unpaired) electrons. The van der Waals surface area contributed by atoms with Crippen molar-refractivity contribution >= 4 is 0 Å². The number of hydroxylamine groups is 1. The van der Waals surface area contributed by atoms with Crippen LogP contribution in [0, 0.1) is 5.41 Å². The summed E-state index contributed by atoms with van der Waals surface area (Å²) in [5.41, 5.74) is 4.40. The number of nitrogens with one attached hydrogen (secondary N) is 1. The Labute approximate surface area is 82.3 Å². The van der Waals surface area contributed by atoms with Crippen LogP contribution >= 0.6 is 0 Å². The van der Waals surface area contributed by atoms with Gasteiger partial charge in [0, 0.05) is 5.41 Å². The summed E-state index contributed by atoms with van der Waals surface area (Å²) < 4.78 is 0. The van der Waals surface area contributed by atoms with Crippen LogP contribution < -0.4 is 5.48 Å². The third kappa shape index (κ3) is 3.03. The molecular weight excluding hydrogens is 162 g/mol. The lowest BCUT2D eigenvalue weighted by Crippen LogP contribution is -2.19. The molecule has 1 rings (SSSR count). The van der Waals surface area contributed by atoms with Crippen LogP contribution in [0.3, 0.4) is 0 Å². The number of rotatable bonds is 0. The Kier molecular flexibility index (Phi) is 4.48. The van der Waals surface area contributed by atoms with Gasteiger partial charge in [-0.25, -0.2) is 0 Å². The fraction of sp³-hybridized carbons (Fsp3) is 0.818. The number of hydrogen-bond acceptors (Lipinski definition) is 2. The molecule has 2 nitrogen and oxygen atoms in total. The zero-order valence-corrected chi connectivity index (χ0v) is 9.99. The fourth-order valence-electron chi connectivity index (χ4n) is 1.26. The summed E-state index contributed by atoms with van der Waals surface area (Å²) in [6, 6.07) is 0.365. The zero-order valence-electron chi connectivity index (χ0n) is 9.99. The van der Waals surface area contributed by atoms with Gasteiger partial charge in [-0.3, -0.25) is 0 Å². The highest BCUT2D eigenvalue weighted by Gasteiger charge is 2.29. The third-order valence-electron chi connectivity index (χ3n) is 2.03. The maximum absolute atomic E-state index is 5.37. The largest absolute Gasteiger partial charge is 0.412 e. The molecule has 1 atom stereocenters. The Bertz CT molecular complexity index is 189. The molecule has 0 saturated carbocycles. The van der Waals surface area contributed by atoms with Gasteiger partial charge in [-0.2, -0.15) is 5.48 Å². The number of hydrogen-bond donors (Lipinski definition) is 1. The van der Waals surface area contributed by atoms with Crippen LogP contribution in [0.15, 0.2) is 11.3 Å². The van der Waals surface area contributed by atoms with Gasteiger partial charge in [0.1, 0.15) is 5.76 Å². The molecule has 0 fully saturated rings. The maximum atomic E-state index is 5.37. The van der Waals surface area contributed by atoms with Gasteiger partial charge in [-0.05, 0) is 19.4 Å². The van der Waals surface area contributed by atoms with Crippen molar-refractivity contribution in [3.05, 3.63) is 11.3 Å². The van der Waals surface area contributed by atoms with E-state index in [0.717, 1.165) is 5.76 Å². The lowest BCUT2D eigenvalue weighted by molar-refractivity contribution is 0.0824. The second-order valence-electron chi connectivity index (χ2n) is 4.20. The Morgan fingerprint density at radius 3 is 1.85 bits per heavy atom. The summed E-state index contributed by atoms with van der Waals surface area (Å²) in [6.45, 7) is 14.7. The van der Waals surface area contributed by atoms with Crippen LogP contribution in [0.5, 0.6) is 0 Å². The lowest BCUT2D eigenvalue weighted by atomic mass is 9.90. The molecule has 2 heteroatoms. The minimum atomic E-state index is 0.127. The van der Waals surface area contributed by atoms with Crippen molar-refractivity contribution in [2.45, 2.75) is 54.5 Å². The minimum absolute atomic E-state index is 0.127. The van der Waals surface area contributed by atoms with Crippen molar-refractivity contribution in [1.29, 1.82) is 0 Å². The summed E-state index contributed by atoms with van der Waals surface area (Å²) in [6.07, 6.45) is 0. The third-order valence-corrected chi connectivity index (χ3v) is 2.03. The molecule has 0 aromatic heterocycles. The normalized spacial score (nSPS) is 22.2.